The predicted molar refractivity (Wildman–Crippen MR) is 73.0 cm³/mol. The van der Waals surface area contributed by atoms with Gasteiger partial charge in [-0.2, -0.15) is 0 Å². The molecular formula is C15H17N. The zero-order valence-corrected chi connectivity index (χ0v) is 9.61. The SMILES string of the molecule is C=C/C=C(C=C)/C=C(/C)c1ccccc1N. The van der Waals surface area contributed by atoms with Crippen molar-refractivity contribution >= 4 is 11.3 Å². The molecule has 1 heteroatoms. The molecule has 1 nitrogen and oxygen atoms in total. The van der Waals surface area contributed by atoms with E-state index in [-0.39, 0.29) is 0 Å². The molecule has 0 heterocycles. The van der Waals surface area contributed by atoms with Crippen molar-refractivity contribution in [2.24, 2.45) is 0 Å². The van der Waals surface area contributed by atoms with Crippen molar-refractivity contribution in [2.75, 3.05) is 5.73 Å². The lowest BCUT2D eigenvalue weighted by molar-refractivity contribution is 1.54. The molecular weight excluding hydrogens is 194 g/mol. The van der Waals surface area contributed by atoms with Gasteiger partial charge in [0.2, 0.25) is 0 Å². The van der Waals surface area contributed by atoms with E-state index in [2.05, 4.69) is 13.2 Å². The molecule has 0 aromatic heterocycles. The summed E-state index contributed by atoms with van der Waals surface area (Å²) in [5.74, 6) is 0. The topological polar surface area (TPSA) is 26.0 Å². The van der Waals surface area contributed by atoms with E-state index in [0.29, 0.717) is 0 Å². The van der Waals surface area contributed by atoms with Crippen molar-refractivity contribution < 1.29 is 0 Å². The highest BCUT2D eigenvalue weighted by Gasteiger charge is 1.99. The van der Waals surface area contributed by atoms with Crippen LogP contribution in [0, 0.1) is 0 Å². The molecule has 2 N–H and O–H groups in total. The summed E-state index contributed by atoms with van der Waals surface area (Å²) < 4.78 is 0. The lowest BCUT2D eigenvalue weighted by Gasteiger charge is -2.05. The number of benzene rings is 1. The smallest absolute Gasteiger partial charge is 0.0390 e. The standard InChI is InChI=1S/C15H17N/c1-4-8-13(5-2)11-12(3)14-9-6-7-10-15(14)16/h4-11H,1-2,16H2,3H3/b12-11-,13-8+. The predicted octanol–water partition coefficient (Wildman–Crippen LogP) is 3.97. The Labute approximate surface area is 97.3 Å². The van der Waals surface area contributed by atoms with E-state index in [1.165, 1.54) is 0 Å². The third-order valence-corrected chi connectivity index (χ3v) is 2.31. The Hall–Kier alpha value is -2.02. The first kappa shape index (κ1) is 12.1. The number of rotatable bonds is 4. The first-order valence-corrected chi connectivity index (χ1v) is 5.17. The fourth-order valence-corrected chi connectivity index (χ4v) is 1.50. The third-order valence-electron chi connectivity index (χ3n) is 2.31. The Bertz CT molecular complexity index is 450. The molecule has 0 saturated heterocycles. The zero-order chi connectivity index (χ0) is 12.0. The number of nitrogens with two attached hydrogens (primary N) is 1. The van der Waals surface area contributed by atoms with Gasteiger partial charge in [-0.15, -0.1) is 0 Å². The molecule has 0 radical (unpaired) electrons. The molecule has 0 bridgehead atoms. The molecule has 0 aliphatic carbocycles. The Morgan fingerprint density at radius 2 is 1.94 bits per heavy atom. The maximum Gasteiger partial charge on any atom is 0.0390 e. The monoisotopic (exact) mass is 211 g/mol. The van der Waals surface area contributed by atoms with Gasteiger partial charge < -0.3 is 5.73 Å². The van der Waals surface area contributed by atoms with E-state index in [1.807, 2.05) is 43.3 Å². The minimum atomic E-state index is 0.790. The maximum atomic E-state index is 5.91. The first-order valence-electron chi connectivity index (χ1n) is 5.17. The Morgan fingerprint density at radius 3 is 2.50 bits per heavy atom. The average Bonchev–Trinajstić information content (AvgIpc) is 2.28. The summed E-state index contributed by atoms with van der Waals surface area (Å²) in [6, 6.07) is 7.82. The molecule has 1 rings (SSSR count). The van der Waals surface area contributed by atoms with E-state index in [0.717, 1.165) is 22.4 Å². The first-order chi connectivity index (χ1) is 7.69. The van der Waals surface area contributed by atoms with Gasteiger partial charge in [-0.05, 0) is 24.1 Å². The van der Waals surface area contributed by atoms with Crippen molar-refractivity contribution in [1.82, 2.24) is 0 Å². The van der Waals surface area contributed by atoms with Gasteiger partial charge in [-0.1, -0.05) is 55.7 Å². The Balaban J connectivity index is 3.10. The lowest BCUT2D eigenvalue weighted by atomic mass is 10.0. The highest BCUT2D eigenvalue weighted by Crippen LogP contribution is 2.22. The largest absolute Gasteiger partial charge is 0.398 e. The van der Waals surface area contributed by atoms with Crippen LogP contribution < -0.4 is 5.73 Å². The number of hydrogen-bond acceptors (Lipinski definition) is 1. The van der Waals surface area contributed by atoms with Gasteiger partial charge in [0.1, 0.15) is 0 Å². The van der Waals surface area contributed by atoms with Crippen LogP contribution >= 0.6 is 0 Å². The number of hydrogen-bond donors (Lipinski definition) is 1. The number of nitrogen functional groups attached to an aromatic ring is 1. The van der Waals surface area contributed by atoms with Crippen molar-refractivity contribution in [1.29, 1.82) is 0 Å². The minimum absolute atomic E-state index is 0.790. The second-order valence-corrected chi connectivity index (χ2v) is 3.52. The van der Waals surface area contributed by atoms with Crippen LogP contribution in [0.25, 0.3) is 5.57 Å². The van der Waals surface area contributed by atoms with Crippen LogP contribution in [0.4, 0.5) is 5.69 Å². The summed E-state index contributed by atoms with van der Waals surface area (Å²) >= 11 is 0. The minimum Gasteiger partial charge on any atom is -0.398 e. The fourth-order valence-electron chi connectivity index (χ4n) is 1.50. The summed E-state index contributed by atoms with van der Waals surface area (Å²) in [4.78, 5) is 0. The molecule has 0 spiro atoms. The second-order valence-electron chi connectivity index (χ2n) is 3.52. The Morgan fingerprint density at radius 1 is 1.25 bits per heavy atom. The van der Waals surface area contributed by atoms with Gasteiger partial charge in [0.05, 0.1) is 0 Å². The van der Waals surface area contributed by atoms with Gasteiger partial charge in [-0.3, -0.25) is 0 Å². The summed E-state index contributed by atoms with van der Waals surface area (Å²) in [7, 11) is 0. The molecule has 0 aliphatic rings. The number of anilines is 1. The number of allylic oxidation sites excluding steroid dienone is 6. The quantitative estimate of drug-likeness (QED) is 0.592. The van der Waals surface area contributed by atoms with E-state index < -0.39 is 0 Å². The second kappa shape index (κ2) is 5.76. The van der Waals surface area contributed by atoms with Crippen LogP contribution in [-0.2, 0) is 0 Å². The molecule has 82 valence electrons. The molecule has 1 aromatic rings. The summed E-state index contributed by atoms with van der Waals surface area (Å²) in [6.07, 6.45) is 7.50. The summed E-state index contributed by atoms with van der Waals surface area (Å²) in [5.41, 5.74) is 9.89. The molecule has 0 aliphatic heterocycles. The van der Waals surface area contributed by atoms with Crippen molar-refractivity contribution in [3.8, 4) is 0 Å². The normalized spacial score (nSPS) is 12.3. The van der Waals surface area contributed by atoms with Crippen LogP contribution in [0.3, 0.4) is 0 Å². The van der Waals surface area contributed by atoms with Crippen molar-refractivity contribution in [3.05, 3.63) is 72.9 Å². The van der Waals surface area contributed by atoms with Gasteiger partial charge >= 0.3 is 0 Å². The van der Waals surface area contributed by atoms with Gasteiger partial charge in [0.25, 0.3) is 0 Å². The van der Waals surface area contributed by atoms with Crippen LogP contribution in [0.1, 0.15) is 12.5 Å². The highest BCUT2D eigenvalue weighted by atomic mass is 14.6. The number of para-hydroxylation sites is 1. The van der Waals surface area contributed by atoms with Crippen LogP contribution in [0.5, 0.6) is 0 Å². The zero-order valence-electron chi connectivity index (χ0n) is 9.61. The van der Waals surface area contributed by atoms with E-state index in [4.69, 9.17) is 5.73 Å². The molecule has 0 saturated carbocycles. The Kier molecular flexibility index (Phi) is 4.34. The van der Waals surface area contributed by atoms with E-state index >= 15 is 0 Å². The van der Waals surface area contributed by atoms with E-state index in [9.17, 15) is 0 Å². The van der Waals surface area contributed by atoms with E-state index in [1.54, 1.807) is 12.2 Å². The van der Waals surface area contributed by atoms with Gasteiger partial charge in [0, 0.05) is 11.3 Å². The van der Waals surface area contributed by atoms with Crippen LogP contribution in [-0.4, -0.2) is 0 Å². The maximum absolute atomic E-state index is 5.91. The van der Waals surface area contributed by atoms with Crippen LogP contribution in [0.2, 0.25) is 0 Å². The van der Waals surface area contributed by atoms with Gasteiger partial charge in [0.15, 0.2) is 0 Å². The molecule has 1 aromatic carbocycles. The molecule has 16 heavy (non-hydrogen) atoms. The molecule has 0 fully saturated rings. The van der Waals surface area contributed by atoms with Crippen molar-refractivity contribution in [2.45, 2.75) is 6.92 Å². The average molecular weight is 211 g/mol. The summed E-state index contributed by atoms with van der Waals surface area (Å²) in [6.45, 7) is 9.46. The van der Waals surface area contributed by atoms with Crippen LogP contribution in [0.15, 0.2) is 67.3 Å². The third kappa shape index (κ3) is 2.99. The van der Waals surface area contributed by atoms with Gasteiger partial charge in [-0.25, -0.2) is 0 Å². The molecule has 0 atom stereocenters. The lowest BCUT2D eigenvalue weighted by Crippen LogP contribution is -1.91. The fraction of sp³-hybridized carbons (Fsp3) is 0.0667. The molecule has 0 unspecified atom stereocenters. The summed E-state index contributed by atoms with van der Waals surface area (Å²) in [5, 5.41) is 0. The highest BCUT2D eigenvalue weighted by molar-refractivity contribution is 5.75. The molecule has 0 amide bonds. The van der Waals surface area contributed by atoms with Crippen molar-refractivity contribution in [3.63, 3.8) is 0 Å².